The van der Waals surface area contributed by atoms with Crippen LogP contribution >= 0.6 is 0 Å². The molecule has 3 rings (SSSR count). The Morgan fingerprint density at radius 1 is 1.17 bits per heavy atom. The van der Waals surface area contributed by atoms with Crippen LogP contribution in [0.5, 0.6) is 0 Å². The SMILES string of the molecule is O=C(N[C@@H]1CC[C@H](C(=O)O)C1)c1cc2c([nH]c1=O)CCCCC2. The summed E-state index contributed by atoms with van der Waals surface area (Å²) in [5, 5.41) is 11.8. The van der Waals surface area contributed by atoms with Crippen molar-refractivity contribution in [2.45, 2.75) is 57.4 Å². The van der Waals surface area contributed by atoms with Gasteiger partial charge in [0.05, 0.1) is 5.92 Å². The molecule has 23 heavy (non-hydrogen) atoms. The van der Waals surface area contributed by atoms with Gasteiger partial charge in [0.2, 0.25) is 0 Å². The third-order valence-corrected chi connectivity index (χ3v) is 4.95. The maximum atomic E-state index is 12.4. The van der Waals surface area contributed by atoms with Crippen LogP contribution in [-0.4, -0.2) is 28.0 Å². The van der Waals surface area contributed by atoms with Crippen molar-refractivity contribution < 1.29 is 14.7 Å². The summed E-state index contributed by atoms with van der Waals surface area (Å²) in [6.07, 6.45) is 6.66. The number of hydrogen-bond acceptors (Lipinski definition) is 3. The van der Waals surface area contributed by atoms with E-state index >= 15 is 0 Å². The van der Waals surface area contributed by atoms with E-state index in [0.717, 1.165) is 43.4 Å². The third kappa shape index (κ3) is 3.46. The summed E-state index contributed by atoms with van der Waals surface area (Å²) >= 11 is 0. The fourth-order valence-electron chi connectivity index (χ4n) is 3.62. The van der Waals surface area contributed by atoms with Crippen LogP contribution in [0.2, 0.25) is 0 Å². The number of carbonyl (C=O) groups excluding carboxylic acids is 1. The molecule has 0 unspecified atom stereocenters. The monoisotopic (exact) mass is 318 g/mol. The number of aromatic amines is 1. The van der Waals surface area contributed by atoms with Crippen molar-refractivity contribution in [3.63, 3.8) is 0 Å². The van der Waals surface area contributed by atoms with E-state index in [0.29, 0.717) is 19.3 Å². The van der Waals surface area contributed by atoms with Crippen LogP contribution in [-0.2, 0) is 17.6 Å². The first kappa shape index (κ1) is 15.8. The highest BCUT2D eigenvalue weighted by Crippen LogP contribution is 2.26. The van der Waals surface area contributed by atoms with Crippen LogP contribution in [0, 0.1) is 5.92 Å². The lowest BCUT2D eigenvalue weighted by atomic mass is 10.1. The molecule has 6 nitrogen and oxygen atoms in total. The molecule has 2 aliphatic rings. The van der Waals surface area contributed by atoms with Crippen LogP contribution < -0.4 is 10.9 Å². The molecular weight excluding hydrogens is 296 g/mol. The number of hydrogen-bond donors (Lipinski definition) is 3. The molecule has 2 aliphatic carbocycles. The van der Waals surface area contributed by atoms with Gasteiger partial charge in [-0.3, -0.25) is 14.4 Å². The van der Waals surface area contributed by atoms with Crippen LogP contribution in [0.3, 0.4) is 0 Å². The van der Waals surface area contributed by atoms with Gasteiger partial charge in [0.1, 0.15) is 5.56 Å². The predicted molar refractivity (Wildman–Crippen MR) is 84.6 cm³/mol. The Bertz CT molecular complexity index is 680. The van der Waals surface area contributed by atoms with Crippen molar-refractivity contribution in [3.8, 4) is 0 Å². The summed E-state index contributed by atoms with van der Waals surface area (Å²) in [7, 11) is 0. The Hall–Kier alpha value is -2.11. The number of carboxylic acid groups (broad SMARTS) is 1. The highest BCUT2D eigenvalue weighted by molar-refractivity contribution is 5.94. The fourth-order valence-corrected chi connectivity index (χ4v) is 3.62. The first-order valence-corrected chi connectivity index (χ1v) is 8.33. The lowest BCUT2D eigenvalue weighted by Gasteiger charge is -2.13. The number of nitrogens with one attached hydrogen (secondary N) is 2. The van der Waals surface area contributed by atoms with Crippen molar-refractivity contribution in [1.82, 2.24) is 10.3 Å². The quantitative estimate of drug-likeness (QED) is 0.738. The van der Waals surface area contributed by atoms with Gasteiger partial charge in [-0.05, 0) is 56.6 Å². The molecule has 1 aromatic rings. The van der Waals surface area contributed by atoms with Gasteiger partial charge in [-0.25, -0.2) is 0 Å². The van der Waals surface area contributed by atoms with Gasteiger partial charge >= 0.3 is 5.97 Å². The molecule has 1 fully saturated rings. The molecule has 3 N–H and O–H groups in total. The minimum Gasteiger partial charge on any atom is -0.481 e. The topological polar surface area (TPSA) is 99.3 Å². The lowest BCUT2D eigenvalue weighted by Crippen LogP contribution is -2.37. The summed E-state index contributed by atoms with van der Waals surface area (Å²) in [6, 6.07) is 1.56. The highest BCUT2D eigenvalue weighted by atomic mass is 16.4. The number of aliphatic carboxylic acids is 1. The number of aryl methyl sites for hydroxylation is 2. The Labute approximate surface area is 134 Å². The van der Waals surface area contributed by atoms with E-state index in [-0.39, 0.29) is 17.2 Å². The van der Waals surface area contributed by atoms with Crippen LogP contribution in [0.1, 0.15) is 60.1 Å². The van der Waals surface area contributed by atoms with Crippen LogP contribution in [0.15, 0.2) is 10.9 Å². The molecule has 1 saturated carbocycles. The van der Waals surface area contributed by atoms with E-state index < -0.39 is 17.8 Å². The minimum absolute atomic E-state index is 0.143. The van der Waals surface area contributed by atoms with Gasteiger partial charge < -0.3 is 15.4 Å². The standard InChI is InChI=1S/C17H22N2O4/c20-15(18-12-7-6-11(8-12)17(22)23)13-9-10-4-2-1-3-5-14(10)19-16(13)21/h9,11-12H,1-8H2,(H,18,20)(H,19,21)(H,22,23)/t11-,12+/m0/s1. The van der Waals surface area contributed by atoms with E-state index in [9.17, 15) is 14.4 Å². The van der Waals surface area contributed by atoms with E-state index in [4.69, 9.17) is 5.11 Å². The van der Waals surface area contributed by atoms with Gasteiger partial charge in [-0.15, -0.1) is 0 Å². The zero-order valence-corrected chi connectivity index (χ0v) is 13.1. The highest BCUT2D eigenvalue weighted by Gasteiger charge is 2.31. The molecule has 0 spiro atoms. The Balaban J connectivity index is 1.74. The molecule has 0 aromatic carbocycles. The Morgan fingerprint density at radius 3 is 2.70 bits per heavy atom. The normalized spacial score (nSPS) is 23.8. The number of fused-ring (bicyclic) bond motifs is 1. The van der Waals surface area contributed by atoms with Gasteiger partial charge in [-0.2, -0.15) is 0 Å². The minimum atomic E-state index is -0.815. The molecule has 124 valence electrons. The van der Waals surface area contributed by atoms with E-state index in [1.807, 2.05) is 0 Å². The first-order valence-electron chi connectivity index (χ1n) is 8.33. The lowest BCUT2D eigenvalue weighted by molar-refractivity contribution is -0.141. The maximum absolute atomic E-state index is 12.4. The fraction of sp³-hybridized carbons (Fsp3) is 0.588. The second-order valence-corrected chi connectivity index (χ2v) is 6.60. The van der Waals surface area contributed by atoms with E-state index in [1.165, 1.54) is 0 Å². The largest absolute Gasteiger partial charge is 0.481 e. The smallest absolute Gasteiger partial charge is 0.306 e. The van der Waals surface area contributed by atoms with Crippen LogP contribution in [0.25, 0.3) is 0 Å². The summed E-state index contributed by atoms with van der Waals surface area (Å²) in [5.41, 5.74) is 1.80. The van der Waals surface area contributed by atoms with E-state index in [2.05, 4.69) is 10.3 Å². The molecule has 6 heteroatoms. The number of aromatic nitrogens is 1. The summed E-state index contributed by atoms with van der Waals surface area (Å²) in [5.74, 6) is -1.61. The summed E-state index contributed by atoms with van der Waals surface area (Å²) in [6.45, 7) is 0. The zero-order valence-electron chi connectivity index (χ0n) is 13.1. The molecule has 0 radical (unpaired) electrons. The first-order chi connectivity index (χ1) is 11.0. The van der Waals surface area contributed by atoms with Crippen molar-refractivity contribution in [2.75, 3.05) is 0 Å². The molecule has 0 bridgehead atoms. The molecule has 2 atom stereocenters. The van der Waals surface area contributed by atoms with Crippen molar-refractivity contribution in [1.29, 1.82) is 0 Å². The van der Waals surface area contributed by atoms with Gasteiger partial charge in [0.25, 0.3) is 11.5 Å². The van der Waals surface area contributed by atoms with Crippen molar-refractivity contribution in [3.05, 3.63) is 33.2 Å². The summed E-state index contributed by atoms with van der Waals surface area (Å²) < 4.78 is 0. The molecular formula is C17H22N2O4. The predicted octanol–water partition coefficient (Wildman–Crippen LogP) is 1.63. The average Bonchev–Trinajstić information content (AvgIpc) is 2.85. The molecule has 1 heterocycles. The zero-order chi connectivity index (χ0) is 16.4. The molecule has 0 saturated heterocycles. The van der Waals surface area contributed by atoms with Crippen LogP contribution in [0.4, 0.5) is 0 Å². The number of pyridine rings is 1. The Kier molecular flexibility index (Phi) is 4.50. The second-order valence-electron chi connectivity index (χ2n) is 6.60. The summed E-state index contributed by atoms with van der Waals surface area (Å²) in [4.78, 5) is 38.4. The molecule has 1 aromatic heterocycles. The van der Waals surface area contributed by atoms with Gasteiger partial charge in [0, 0.05) is 11.7 Å². The second kappa shape index (κ2) is 6.56. The van der Waals surface area contributed by atoms with Gasteiger partial charge in [-0.1, -0.05) is 6.42 Å². The molecule has 1 amide bonds. The number of H-pyrrole nitrogens is 1. The molecule has 0 aliphatic heterocycles. The number of carboxylic acids is 1. The van der Waals surface area contributed by atoms with Crippen molar-refractivity contribution in [2.24, 2.45) is 5.92 Å². The Morgan fingerprint density at radius 2 is 1.96 bits per heavy atom. The average molecular weight is 318 g/mol. The number of carbonyl (C=O) groups is 2. The number of rotatable bonds is 3. The maximum Gasteiger partial charge on any atom is 0.306 e. The van der Waals surface area contributed by atoms with Crippen molar-refractivity contribution >= 4 is 11.9 Å². The third-order valence-electron chi connectivity index (χ3n) is 4.95. The number of amides is 1. The van der Waals surface area contributed by atoms with Gasteiger partial charge in [0.15, 0.2) is 0 Å². The van der Waals surface area contributed by atoms with E-state index in [1.54, 1.807) is 6.07 Å².